The lowest BCUT2D eigenvalue weighted by Crippen LogP contribution is -2.39. The van der Waals surface area contributed by atoms with Crippen molar-refractivity contribution in [2.45, 2.75) is 19.0 Å². The van der Waals surface area contributed by atoms with E-state index in [0.717, 1.165) is 23.9 Å². The molecule has 0 aliphatic carbocycles. The number of thioether (sulfide) groups is 1. The number of anilines is 1. The van der Waals surface area contributed by atoms with E-state index >= 15 is 0 Å². The number of halogens is 2. The fourth-order valence-electron chi connectivity index (χ4n) is 2.76. The number of amidine groups is 1. The summed E-state index contributed by atoms with van der Waals surface area (Å²) >= 11 is 1.14. The molecule has 5 nitrogen and oxygen atoms in total. The summed E-state index contributed by atoms with van der Waals surface area (Å²) in [5.41, 5.74) is 0.0748. The average Bonchev–Trinajstić information content (AvgIpc) is 2.88. The number of carbonyl (C=O) groups is 1. The summed E-state index contributed by atoms with van der Waals surface area (Å²) in [6.45, 7) is 1.43. The SMILES string of the molecule is CC(=O)CSC1=N[C@@H]2CS(=O)(=O)C[C@@H]2N1c1ccc(F)cc1F. The minimum atomic E-state index is -3.24. The Bertz CT molecular complexity index is 795. The first kappa shape index (κ1) is 16.4. The first-order valence-electron chi connectivity index (χ1n) is 6.91. The van der Waals surface area contributed by atoms with Gasteiger partial charge >= 0.3 is 0 Å². The second-order valence-electron chi connectivity index (χ2n) is 5.58. The van der Waals surface area contributed by atoms with Gasteiger partial charge in [0.15, 0.2) is 15.0 Å². The van der Waals surface area contributed by atoms with Gasteiger partial charge in [0.2, 0.25) is 0 Å². The minimum absolute atomic E-state index is 0.0677. The number of rotatable bonds is 3. The molecule has 23 heavy (non-hydrogen) atoms. The molecule has 124 valence electrons. The van der Waals surface area contributed by atoms with E-state index in [-0.39, 0.29) is 28.7 Å². The van der Waals surface area contributed by atoms with E-state index in [1.54, 1.807) is 0 Å². The molecule has 0 unspecified atom stereocenters. The minimum Gasteiger partial charge on any atom is -0.312 e. The maximum atomic E-state index is 14.2. The van der Waals surface area contributed by atoms with E-state index in [1.165, 1.54) is 17.9 Å². The summed E-state index contributed by atoms with van der Waals surface area (Å²) in [6.07, 6.45) is 0. The first-order chi connectivity index (χ1) is 10.8. The Labute approximate surface area is 136 Å². The van der Waals surface area contributed by atoms with Crippen molar-refractivity contribution in [2.24, 2.45) is 4.99 Å². The molecule has 1 fully saturated rings. The standard InChI is InChI=1S/C14H14F2N2O3S2/c1-8(19)5-22-14-17-11-6-23(20,21)7-13(11)18(14)12-3-2-9(15)4-10(12)16/h2-4,11,13H,5-7H2,1H3/t11-,13+/m1/s1. The van der Waals surface area contributed by atoms with E-state index in [2.05, 4.69) is 4.99 Å². The van der Waals surface area contributed by atoms with Gasteiger partial charge in [0.1, 0.15) is 17.4 Å². The van der Waals surface area contributed by atoms with Crippen LogP contribution in [0.15, 0.2) is 23.2 Å². The molecule has 2 aliphatic rings. The summed E-state index contributed by atoms with van der Waals surface area (Å²) < 4.78 is 50.9. The van der Waals surface area contributed by atoms with Crippen molar-refractivity contribution < 1.29 is 22.0 Å². The van der Waals surface area contributed by atoms with E-state index in [1.807, 2.05) is 0 Å². The Balaban J connectivity index is 1.98. The number of fused-ring (bicyclic) bond motifs is 1. The molecule has 1 aromatic rings. The maximum absolute atomic E-state index is 14.2. The van der Waals surface area contributed by atoms with E-state index < -0.39 is 33.6 Å². The maximum Gasteiger partial charge on any atom is 0.164 e. The highest BCUT2D eigenvalue weighted by Crippen LogP contribution is 2.36. The molecule has 0 spiro atoms. The summed E-state index contributed by atoms with van der Waals surface area (Å²) in [5, 5.41) is 0.399. The van der Waals surface area contributed by atoms with Gasteiger partial charge in [-0.15, -0.1) is 0 Å². The zero-order chi connectivity index (χ0) is 16.8. The summed E-state index contributed by atoms with van der Waals surface area (Å²) in [4.78, 5) is 17.0. The van der Waals surface area contributed by atoms with Crippen molar-refractivity contribution in [1.29, 1.82) is 0 Å². The van der Waals surface area contributed by atoms with Crippen LogP contribution in [0.2, 0.25) is 0 Å². The molecule has 3 rings (SSSR count). The van der Waals surface area contributed by atoms with Crippen molar-refractivity contribution in [1.82, 2.24) is 0 Å². The summed E-state index contributed by atoms with van der Waals surface area (Å²) in [5.74, 6) is -1.64. The first-order valence-corrected chi connectivity index (χ1v) is 9.72. The molecule has 2 aliphatic heterocycles. The van der Waals surface area contributed by atoms with Crippen LogP contribution in [0, 0.1) is 11.6 Å². The van der Waals surface area contributed by atoms with Gasteiger partial charge in [-0.25, -0.2) is 17.2 Å². The van der Waals surface area contributed by atoms with Gasteiger partial charge in [-0.1, -0.05) is 11.8 Å². The zero-order valence-electron chi connectivity index (χ0n) is 12.2. The second kappa shape index (κ2) is 5.86. The van der Waals surface area contributed by atoms with Gasteiger partial charge in [0.25, 0.3) is 0 Å². The Hall–Kier alpha value is -1.48. The third-order valence-electron chi connectivity index (χ3n) is 3.68. The number of sulfone groups is 1. The number of ketones is 1. The van der Waals surface area contributed by atoms with Gasteiger partial charge in [0, 0.05) is 6.07 Å². The zero-order valence-corrected chi connectivity index (χ0v) is 13.8. The molecule has 0 amide bonds. The van der Waals surface area contributed by atoms with Crippen molar-refractivity contribution in [2.75, 3.05) is 22.2 Å². The van der Waals surface area contributed by atoms with Gasteiger partial charge in [-0.05, 0) is 19.1 Å². The van der Waals surface area contributed by atoms with Crippen molar-refractivity contribution in [3.63, 3.8) is 0 Å². The average molecular weight is 360 g/mol. The van der Waals surface area contributed by atoms with Crippen molar-refractivity contribution in [3.05, 3.63) is 29.8 Å². The molecule has 2 atom stereocenters. The number of hydrogen-bond acceptors (Lipinski definition) is 6. The highest BCUT2D eigenvalue weighted by atomic mass is 32.2. The Morgan fingerprint density at radius 2 is 2.13 bits per heavy atom. The lowest BCUT2D eigenvalue weighted by Gasteiger charge is -2.26. The molecule has 1 saturated heterocycles. The largest absolute Gasteiger partial charge is 0.312 e. The van der Waals surface area contributed by atoms with Crippen LogP contribution in [0.5, 0.6) is 0 Å². The lowest BCUT2D eigenvalue weighted by molar-refractivity contribution is -0.114. The van der Waals surface area contributed by atoms with Crippen LogP contribution in [0.1, 0.15) is 6.92 Å². The molecule has 0 aromatic heterocycles. The Morgan fingerprint density at radius 1 is 1.39 bits per heavy atom. The number of Topliss-reactive ketones (excluding diaryl/α,β-unsaturated/α-hetero) is 1. The molecule has 0 N–H and O–H groups in total. The van der Waals surface area contributed by atoms with E-state index in [4.69, 9.17) is 0 Å². The lowest BCUT2D eigenvalue weighted by atomic mass is 10.1. The molecule has 2 heterocycles. The van der Waals surface area contributed by atoms with Crippen LogP contribution in [-0.4, -0.2) is 48.7 Å². The molecule has 9 heteroatoms. The third kappa shape index (κ3) is 3.25. The normalized spacial score (nSPS) is 25.3. The Morgan fingerprint density at radius 3 is 2.78 bits per heavy atom. The molecule has 0 bridgehead atoms. The van der Waals surface area contributed by atoms with Gasteiger partial charge in [-0.2, -0.15) is 0 Å². The highest BCUT2D eigenvalue weighted by Gasteiger charge is 2.47. The van der Waals surface area contributed by atoms with Crippen LogP contribution in [0.3, 0.4) is 0 Å². The van der Waals surface area contributed by atoms with Gasteiger partial charge in [0.05, 0.1) is 35.0 Å². The quantitative estimate of drug-likeness (QED) is 0.820. The van der Waals surface area contributed by atoms with Gasteiger partial charge < -0.3 is 4.90 Å². The fraction of sp³-hybridized carbons (Fsp3) is 0.429. The van der Waals surface area contributed by atoms with E-state index in [9.17, 15) is 22.0 Å². The smallest absolute Gasteiger partial charge is 0.164 e. The predicted molar refractivity (Wildman–Crippen MR) is 85.6 cm³/mol. The van der Waals surface area contributed by atoms with Crippen LogP contribution in [0.25, 0.3) is 0 Å². The molecular weight excluding hydrogens is 346 g/mol. The molecule has 1 aromatic carbocycles. The van der Waals surface area contributed by atoms with Gasteiger partial charge in [-0.3, -0.25) is 9.79 Å². The van der Waals surface area contributed by atoms with Crippen LogP contribution in [-0.2, 0) is 14.6 Å². The van der Waals surface area contributed by atoms with Crippen LogP contribution in [0.4, 0.5) is 14.5 Å². The van der Waals surface area contributed by atoms with Crippen LogP contribution < -0.4 is 4.90 Å². The summed E-state index contributed by atoms with van der Waals surface area (Å²) in [6, 6.07) is 2.12. The molecule has 0 saturated carbocycles. The predicted octanol–water partition coefficient (Wildman–Crippen LogP) is 1.63. The second-order valence-corrected chi connectivity index (χ2v) is 8.68. The van der Waals surface area contributed by atoms with E-state index in [0.29, 0.717) is 5.17 Å². The van der Waals surface area contributed by atoms with Crippen LogP contribution >= 0.6 is 11.8 Å². The number of hydrogen-bond donors (Lipinski definition) is 0. The number of carbonyl (C=O) groups excluding carboxylic acids is 1. The highest BCUT2D eigenvalue weighted by molar-refractivity contribution is 8.14. The third-order valence-corrected chi connectivity index (χ3v) is 6.49. The fourth-order valence-corrected chi connectivity index (χ4v) is 5.52. The summed E-state index contributed by atoms with van der Waals surface area (Å²) in [7, 11) is -3.24. The molecule has 0 radical (unpaired) electrons. The number of aliphatic imine (C=N–C) groups is 1. The molecular formula is C14H14F2N2O3S2. The van der Waals surface area contributed by atoms with Crippen molar-refractivity contribution >= 4 is 38.2 Å². The monoisotopic (exact) mass is 360 g/mol. The van der Waals surface area contributed by atoms with Crippen molar-refractivity contribution in [3.8, 4) is 0 Å². The topological polar surface area (TPSA) is 66.8 Å². The number of nitrogens with zero attached hydrogens (tertiary/aromatic N) is 2. The number of benzene rings is 1. The Kier molecular flexibility index (Phi) is 4.18.